The first-order valence-corrected chi connectivity index (χ1v) is 7.48. The van der Waals surface area contributed by atoms with Gasteiger partial charge in [0.15, 0.2) is 5.71 Å². The highest BCUT2D eigenvalue weighted by Gasteiger charge is 2.12. The Hall–Kier alpha value is -2.82. The summed E-state index contributed by atoms with van der Waals surface area (Å²) in [5.41, 5.74) is 0.609. The summed E-state index contributed by atoms with van der Waals surface area (Å²) < 4.78 is 24.0. The average molecular weight is 353 g/mol. The Bertz CT molecular complexity index is 733. The number of hydrogen-bond acceptors (Lipinski definition) is 8. The van der Waals surface area contributed by atoms with Crippen molar-refractivity contribution >= 4 is 29.2 Å². The quantitative estimate of drug-likeness (QED) is 0.435. The molecule has 1 amide bonds. The summed E-state index contributed by atoms with van der Waals surface area (Å²) in [6, 6.07) is 3.59. The van der Waals surface area contributed by atoms with Crippen LogP contribution in [0.4, 0.5) is 8.78 Å². The predicted octanol–water partition coefficient (Wildman–Crippen LogP) is 0.867. The van der Waals surface area contributed by atoms with Crippen LogP contribution in [0.5, 0.6) is 0 Å². The maximum Gasteiger partial charge on any atom is 0.273 e. The second kappa shape index (κ2) is 8.72. The van der Waals surface area contributed by atoms with Gasteiger partial charge in [-0.25, -0.2) is 8.78 Å². The van der Waals surface area contributed by atoms with E-state index in [2.05, 4.69) is 30.6 Å². The van der Waals surface area contributed by atoms with Crippen molar-refractivity contribution in [2.24, 2.45) is 15.9 Å². The zero-order valence-corrected chi connectivity index (χ0v) is 13.1. The molecule has 0 aliphatic rings. The van der Waals surface area contributed by atoms with E-state index in [9.17, 15) is 13.6 Å². The summed E-state index contributed by atoms with van der Waals surface area (Å²) in [6.45, 7) is -0.624. The van der Waals surface area contributed by atoms with Gasteiger partial charge in [0.1, 0.15) is 10.0 Å². The molecular formula is C13H13F2N7OS. The molecule has 0 aliphatic heterocycles. The van der Waals surface area contributed by atoms with Crippen molar-refractivity contribution in [2.75, 3.05) is 6.54 Å². The first kappa shape index (κ1) is 17.5. The number of alkyl halides is 2. The predicted molar refractivity (Wildman–Crippen MR) is 86.0 cm³/mol. The molecule has 0 saturated carbocycles. The molecule has 126 valence electrons. The van der Waals surface area contributed by atoms with Gasteiger partial charge in [0.2, 0.25) is 0 Å². The van der Waals surface area contributed by atoms with Crippen molar-refractivity contribution < 1.29 is 13.6 Å². The van der Waals surface area contributed by atoms with Crippen molar-refractivity contribution in [1.82, 2.24) is 20.5 Å². The van der Waals surface area contributed by atoms with Gasteiger partial charge >= 0.3 is 0 Å². The lowest BCUT2D eigenvalue weighted by atomic mass is 10.3. The zero-order chi connectivity index (χ0) is 17.4. The van der Waals surface area contributed by atoms with Crippen LogP contribution in [-0.4, -0.2) is 46.0 Å². The molecule has 24 heavy (non-hydrogen) atoms. The van der Waals surface area contributed by atoms with Crippen LogP contribution in [0.15, 0.2) is 34.6 Å². The van der Waals surface area contributed by atoms with Crippen LogP contribution in [0, 0.1) is 0 Å². The fourth-order valence-electron chi connectivity index (χ4n) is 1.55. The van der Waals surface area contributed by atoms with Gasteiger partial charge in [-0.2, -0.15) is 5.10 Å². The van der Waals surface area contributed by atoms with Gasteiger partial charge in [-0.05, 0) is 12.1 Å². The molecule has 2 aromatic rings. The summed E-state index contributed by atoms with van der Waals surface area (Å²) in [6.07, 6.45) is 1.59. The van der Waals surface area contributed by atoms with Crippen LogP contribution in [0.3, 0.4) is 0 Å². The van der Waals surface area contributed by atoms with Crippen LogP contribution >= 0.6 is 11.3 Å². The highest BCUT2D eigenvalue weighted by atomic mass is 32.1. The number of carbonyl (C=O) groups is 1. The van der Waals surface area contributed by atoms with Gasteiger partial charge < -0.3 is 11.2 Å². The van der Waals surface area contributed by atoms with Gasteiger partial charge in [-0.15, -0.1) is 10.2 Å². The molecule has 2 heterocycles. The van der Waals surface area contributed by atoms with Crippen LogP contribution in [0.25, 0.3) is 10.6 Å². The summed E-state index contributed by atoms with van der Waals surface area (Å²) in [7, 11) is 0. The number of halogens is 2. The van der Waals surface area contributed by atoms with E-state index in [1.54, 1.807) is 24.5 Å². The molecule has 3 N–H and O–H groups in total. The molecule has 0 atom stereocenters. The third kappa shape index (κ3) is 5.12. The van der Waals surface area contributed by atoms with Gasteiger partial charge in [-0.3, -0.25) is 14.8 Å². The van der Waals surface area contributed by atoms with Crippen molar-refractivity contribution in [1.29, 1.82) is 0 Å². The lowest BCUT2D eigenvalue weighted by Crippen LogP contribution is -2.32. The molecule has 0 spiro atoms. The lowest BCUT2D eigenvalue weighted by molar-refractivity contribution is -0.114. The number of nitrogens with two attached hydrogens (primary N) is 1. The molecule has 0 saturated heterocycles. The molecule has 0 bridgehead atoms. The number of nitrogens with one attached hydrogen (secondary N) is 1. The number of nitrogens with zero attached hydrogens (tertiary/aromatic N) is 5. The minimum Gasteiger partial charge on any atom is -0.344 e. The number of pyridine rings is 1. The third-order valence-electron chi connectivity index (χ3n) is 2.62. The number of hydrazone groups is 1. The smallest absolute Gasteiger partial charge is 0.273 e. The molecular weight excluding hydrogens is 340 g/mol. The van der Waals surface area contributed by atoms with Gasteiger partial charge in [0, 0.05) is 18.0 Å². The molecule has 0 unspecified atom stereocenters. The number of amides is 1. The number of hydrogen-bond donors (Lipinski definition) is 2. The van der Waals surface area contributed by atoms with Crippen molar-refractivity contribution in [2.45, 2.75) is 13.0 Å². The Morgan fingerprint density at radius 2 is 2.12 bits per heavy atom. The van der Waals surface area contributed by atoms with Gasteiger partial charge in [-0.1, -0.05) is 11.3 Å². The Kier molecular flexibility index (Phi) is 6.37. The lowest BCUT2D eigenvalue weighted by Gasteiger charge is -2.01. The summed E-state index contributed by atoms with van der Waals surface area (Å²) >= 11 is 1.30. The van der Waals surface area contributed by atoms with Crippen LogP contribution in [-0.2, 0) is 11.3 Å². The minimum atomic E-state index is -2.60. The first-order valence-electron chi connectivity index (χ1n) is 6.67. The molecule has 0 aromatic carbocycles. The summed E-state index contributed by atoms with van der Waals surface area (Å²) in [5.74, 6) is 4.41. The molecule has 8 nitrogen and oxygen atoms in total. The molecule has 2 aromatic heterocycles. The highest BCUT2D eigenvalue weighted by molar-refractivity contribution is 7.14. The monoisotopic (exact) mass is 353 g/mol. The van der Waals surface area contributed by atoms with E-state index < -0.39 is 18.9 Å². The largest absolute Gasteiger partial charge is 0.344 e. The fourth-order valence-corrected chi connectivity index (χ4v) is 2.34. The fraction of sp³-hybridized carbons (Fsp3) is 0.231. The van der Waals surface area contributed by atoms with Crippen molar-refractivity contribution in [3.05, 3.63) is 29.5 Å². The van der Waals surface area contributed by atoms with E-state index in [1.807, 2.05) is 0 Å². The topological polar surface area (TPSA) is 119 Å². The molecule has 0 aliphatic carbocycles. The number of aromatic nitrogens is 3. The van der Waals surface area contributed by atoms with E-state index in [1.165, 1.54) is 11.3 Å². The van der Waals surface area contributed by atoms with E-state index in [4.69, 9.17) is 5.84 Å². The number of rotatable bonds is 7. The summed E-state index contributed by atoms with van der Waals surface area (Å²) in [4.78, 5) is 19.1. The maximum atomic E-state index is 12.0. The van der Waals surface area contributed by atoms with Crippen LogP contribution < -0.4 is 11.2 Å². The minimum absolute atomic E-state index is 0.100. The third-order valence-corrected chi connectivity index (χ3v) is 3.60. The Morgan fingerprint density at radius 3 is 2.79 bits per heavy atom. The molecule has 0 radical (unpaired) electrons. The highest BCUT2D eigenvalue weighted by Crippen LogP contribution is 2.22. The Labute approximate surface area is 139 Å². The van der Waals surface area contributed by atoms with E-state index in [0.29, 0.717) is 10.0 Å². The molecule has 2 rings (SSSR count). The number of aliphatic imine (C=N–C) groups is 1. The average Bonchev–Trinajstić information content (AvgIpc) is 3.06. The van der Waals surface area contributed by atoms with Crippen molar-refractivity contribution in [3.8, 4) is 10.6 Å². The standard InChI is InChI=1S/C13H13F2N7OS/c14-10(15)6-18-5-9(20-16)12(23)19-7-11-21-22-13(24-11)8-1-3-17-4-2-8/h1-5,10H,6-7,16H2,(H,19,23)/b18-5?,20-9+. The van der Waals surface area contributed by atoms with E-state index >= 15 is 0 Å². The Morgan fingerprint density at radius 1 is 1.38 bits per heavy atom. The van der Waals surface area contributed by atoms with Crippen molar-refractivity contribution in [3.63, 3.8) is 0 Å². The van der Waals surface area contributed by atoms with Crippen LogP contribution in [0.1, 0.15) is 5.01 Å². The molecule has 0 fully saturated rings. The zero-order valence-electron chi connectivity index (χ0n) is 12.3. The normalized spacial score (nSPS) is 12.0. The van der Waals surface area contributed by atoms with Crippen LogP contribution in [0.2, 0.25) is 0 Å². The SMILES string of the molecule is N/N=C(\C=NCC(F)F)C(=O)NCc1nnc(-c2ccncc2)s1. The second-order valence-corrected chi connectivity index (χ2v) is 5.38. The van der Waals surface area contributed by atoms with Gasteiger partial charge in [0.05, 0.1) is 19.3 Å². The Balaban J connectivity index is 1.92. The first-order chi connectivity index (χ1) is 11.6. The van der Waals surface area contributed by atoms with E-state index in [0.717, 1.165) is 11.8 Å². The van der Waals surface area contributed by atoms with E-state index in [-0.39, 0.29) is 12.3 Å². The molecule has 11 heteroatoms. The number of carbonyl (C=O) groups excluding carboxylic acids is 1. The maximum absolute atomic E-state index is 12.0. The summed E-state index contributed by atoms with van der Waals surface area (Å²) in [5, 5.41) is 15.0. The second-order valence-electron chi connectivity index (χ2n) is 4.32. The van der Waals surface area contributed by atoms with Gasteiger partial charge in [0.25, 0.3) is 12.3 Å².